The van der Waals surface area contributed by atoms with Gasteiger partial charge in [0.25, 0.3) is 5.91 Å². The summed E-state index contributed by atoms with van der Waals surface area (Å²) >= 11 is 3.38. The molecule has 1 aromatic carbocycles. The summed E-state index contributed by atoms with van der Waals surface area (Å²) in [5.41, 5.74) is 0. The zero-order valence-electron chi connectivity index (χ0n) is 10.7. The maximum Gasteiger partial charge on any atom is 0.260 e. The van der Waals surface area contributed by atoms with Gasteiger partial charge in [-0.15, -0.1) is 0 Å². The molecular weight excluding hydrogens is 296 g/mol. The fraction of sp³-hybridized carbons (Fsp3) is 0.462. The van der Waals surface area contributed by atoms with Crippen molar-refractivity contribution >= 4 is 21.8 Å². The van der Waals surface area contributed by atoms with Crippen LogP contribution in [0, 0.1) is 0 Å². The molecule has 1 aromatic rings. The highest BCUT2D eigenvalue weighted by molar-refractivity contribution is 9.10. The van der Waals surface area contributed by atoms with Crippen molar-refractivity contribution in [2.45, 2.75) is 19.4 Å². The molecule has 0 saturated heterocycles. The number of amides is 1. The summed E-state index contributed by atoms with van der Waals surface area (Å²) in [7, 11) is 1.89. The summed E-state index contributed by atoms with van der Waals surface area (Å²) in [5.74, 6) is 0.581. The van der Waals surface area contributed by atoms with Gasteiger partial charge in [-0.25, -0.2) is 0 Å². The molecule has 1 amide bonds. The highest BCUT2D eigenvalue weighted by atomic mass is 79.9. The van der Waals surface area contributed by atoms with E-state index in [4.69, 9.17) is 4.74 Å². The molecule has 0 spiro atoms. The molecule has 0 bridgehead atoms. The Morgan fingerprint density at radius 3 is 2.78 bits per heavy atom. The SMILES string of the molecule is CNCCCNC(=O)C(C)Oc1ccccc1Br. The number of hydrogen-bond donors (Lipinski definition) is 2. The topological polar surface area (TPSA) is 50.4 Å². The van der Waals surface area contributed by atoms with Crippen LogP contribution in [-0.4, -0.2) is 32.1 Å². The molecule has 1 atom stereocenters. The van der Waals surface area contributed by atoms with Gasteiger partial charge >= 0.3 is 0 Å². The van der Waals surface area contributed by atoms with E-state index in [1.54, 1.807) is 6.92 Å². The van der Waals surface area contributed by atoms with Crippen molar-refractivity contribution in [2.24, 2.45) is 0 Å². The summed E-state index contributed by atoms with van der Waals surface area (Å²) in [6.45, 7) is 3.29. The van der Waals surface area contributed by atoms with E-state index >= 15 is 0 Å². The van der Waals surface area contributed by atoms with E-state index < -0.39 is 6.10 Å². The second-order valence-electron chi connectivity index (χ2n) is 3.94. The van der Waals surface area contributed by atoms with Gasteiger partial charge in [-0.1, -0.05) is 12.1 Å². The van der Waals surface area contributed by atoms with Crippen LogP contribution in [0.15, 0.2) is 28.7 Å². The Balaban J connectivity index is 2.38. The van der Waals surface area contributed by atoms with Gasteiger partial charge in [0.15, 0.2) is 6.10 Å². The second-order valence-corrected chi connectivity index (χ2v) is 4.79. The maximum absolute atomic E-state index is 11.8. The van der Waals surface area contributed by atoms with E-state index in [2.05, 4.69) is 26.6 Å². The monoisotopic (exact) mass is 314 g/mol. The minimum absolute atomic E-state index is 0.0955. The summed E-state index contributed by atoms with van der Waals surface area (Å²) < 4.78 is 6.44. The van der Waals surface area contributed by atoms with E-state index in [1.807, 2.05) is 31.3 Å². The van der Waals surface area contributed by atoms with Crippen molar-refractivity contribution < 1.29 is 9.53 Å². The molecule has 0 aliphatic heterocycles. The zero-order chi connectivity index (χ0) is 13.4. The van der Waals surface area contributed by atoms with Crippen LogP contribution >= 0.6 is 15.9 Å². The van der Waals surface area contributed by atoms with Crippen LogP contribution in [0.1, 0.15) is 13.3 Å². The first-order valence-corrected chi connectivity index (χ1v) is 6.78. The molecular formula is C13H19BrN2O2. The minimum atomic E-state index is -0.502. The zero-order valence-corrected chi connectivity index (χ0v) is 12.3. The van der Waals surface area contributed by atoms with Crippen molar-refractivity contribution in [2.75, 3.05) is 20.1 Å². The van der Waals surface area contributed by atoms with Gasteiger partial charge in [-0.3, -0.25) is 4.79 Å². The van der Waals surface area contributed by atoms with Gasteiger partial charge in [0.05, 0.1) is 4.47 Å². The lowest BCUT2D eigenvalue weighted by Crippen LogP contribution is -2.37. The van der Waals surface area contributed by atoms with Gasteiger partial charge in [-0.05, 0) is 55.0 Å². The summed E-state index contributed by atoms with van der Waals surface area (Å²) in [6, 6.07) is 7.48. The third kappa shape index (κ3) is 5.06. The lowest BCUT2D eigenvalue weighted by atomic mass is 10.3. The first-order valence-electron chi connectivity index (χ1n) is 5.98. The number of rotatable bonds is 7. The quantitative estimate of drug-likeness (QED) is 0.756. The Morgan fingerprint density at radius 2 is 2.11 bits per heavy atom. The molecule has 0 aliphatic rings. The number of ether oxygens (including phenoxy) is 1. The number of benzene rings is 1. The van der Waals surface area contributed by atoms with Crippen LogP contribution in [-0.2, 0) is 4.79 Å². The molecule has 18 heavy (non-hydrogen) atoms. The molecule has 4 nitrogen and oxygen atoms in total. The Kier molecular flexibility index (Phi) is 6.75. The van der Waals surface area contributed by atoms with Crippen LogP contribution in [0.5, 0.6) is 5.75 Å². The number of carbonyl (C=O) groups excluding carboxylic acids is 1. The Morgan fingerprint density at radius 1 is 1.39 bits per heavy atom. The summed E-state index contributed by atoms with van der Waals surface area (Å²) in [6.07, 6.45) is 0.405. The average molecular weight is 315 g/mol. The van der Waals surface area contributed by atoms with Crippen molar-refractivity contribution in [3.05, 3.63) is 28.7 Å². The third-order valence-corrected chi connectivity index (χ3v) is 3.07. The number of hydrogen-bond acceptors (Lipinski definition) is 3. The van der Waals surface area contributed by atoms with E-state index in [1.165, 1.54) is 0 Å². The average Bonchev–Trinajstić information content (AvgIpc) is 2.37. The Bertz CT molecular complexity index is 385. The van der Waals surface area contributed by atoms with Crippen LogP contribution < -0.4 is 15.4 Å². The number of carbonyl (C=O) groups is 1. The van der Waals surface area contributed by atoms with Crippen molar-refractivity contribution in [3.63, 3.8) is 0 Å². The van der Waals surface area contributed by atoms with Crippen molar-refractivity contribution in [1.29, 1.82) is 0 Å². The molecule has 1 unspecified atom stereocenters. The standard InChI is InChI=1S/C13H19BrN2O2/c1-10(13(17)16-9-5-8-15-2)18-12-7-4-3-6-11(12)14/h3-4,6-7,10,15H,5,8-9H2,1-2H3,(H,16,17). The van der Waals surface area contributed by atoms with E-state index in [9.17, 15) is 4.79 Å². The van der Waals surface area contributed by atoms with Gasteiger partial charge in [0.2, 0.25) is 0 Å². The fourth-order valence-electron chi connectivity index (χ4n) is 1.40. The second kappa shape index (κ2) is 8.11. The molecule has 2 N–H and O–H groups in total. The molecule has 5 heteroatoms. The summed E-state index contributed by atoms with van der Waals surface area (Å²) in [5, 5.41) is 5.87. The predicted octanol–water partition coefficient (Wildman–Crippen LogP) is 1.94. The first kappa shape index (κ1) is 15.0. The fourth-order valence-corrected chi connectivity index (χ4v) is 1.78. The lowest BCUT2D eigenvalue weighted by molar-refractivity contribution is -0.127. The molecule has 100 valence electrons. The minimum Gasteiger partial charge on any atom is -0.480 e. The normalized spacial score (nSPS) is 11.9. The Labute approximate surface area is 116 Å². The van der Waals surface area contributed by atoms with Gasteiger partial charge < -0.3 is 15.4 Å². The molecule has 0 fully saturated rings. The smallest absolute Gasteiger partial charge is 0.260 e. The van der Waals surface area contributed by atoms with E-state index in [-0.39, 0.29) is 5.91 Å². The van der Waals surface area contributed by atoms with E-state index in [0.29, 0.717) is 12.3 Å². The van der Waals surface area contributed by atoms with Crippen molar-refractivity contribution in [1.82, 2.24) is 10.6 Å². The van der Waals surface area contributed by atoms with Gasteiger partial charge in [-0.2, -0.15) is 0 Å². The number of halogens is 1. The van der Waals surface area contributed by atoms with Crippen LogP contribution in [0.25, 0.3) is 0 Å². The van der Waals surface area contributed by atoms with Crippen molar-refractivity contribution in [3.8, 4) is 5.75 Å². The van der Waals surface area contributed by atoms with Gasteiger partial charge in [0, 0.05) is 6.54 Å². The third-order valence-electron chi connectivity index (χ3n) is 2.41. The summed E-state index contributed by atoms with van der Waals surface area (Å²) in [4.78, 5) is 11.8. The van der Waals surface area contributed by atoms with Crippen LogP contribution in [0.3, 0.4) is 0 Å². The first-order chi connectivity index (χ1) is 8.65. The van der Waals surface area contributed by atoms with Gasteiger partial charge in [0.1, 0.15) is 5.75 Å². The molecule has 0 radical (unpaired) electrons. The number of para-hydroxylation sites is 1. The predicted molar refractivity (Wildman–Crippen MR) is 75.8 cm³/mol. The molecule has 1 rings (SSSR count). The van der Waals surface area contributed by atoms with Crippen LogP contribution in [0.2, 0.25) is 0 Å². The Hall–Kier alpha value is -1.07. The molecule has 0 aliphatic carbocycles. The van der Waals surface area contributed by atoms with Crippen LogP contribution in [0.4, 0.5) is 0 Å². The number of nitrogens with one attached hydrogen (secondary N) is 2. The maximum atomic E-state index is 11.8. The van der Waals surface area contributed by atoms with E-state index in [0.717, 1.165) is 17.4 Å². The lowest BCUT2D eigenvalue weighted by Gasteiger charge is -2.15. The molecule has 0 heterocycles. The molecule has 0 saturated carbocycles. The molecule has 0 aromatic heterocycles. The largest absolute Gasteiger partial charge is 0.480 e. The highest BCUT2D eigenvalue weighted by Gasteiger charge is 2.14. The highest BCUT2D eigenvalue weighted by Crippen LogP contribution is 2.24.